The van der Waals surface area contributed by atoms with Crippen molar-refractivity contribution in [1.29, 1.82) is 0 Å². The van der Waals surface area contributed by atoms with E-state index in [9.17, 15) is 20.1 Å². The van der Waals surface area contributed by atoms with Crippen LogP contribution in [0.2, 0.25) is 0 Å². The molecule has 0 aliphatic heterocycles. The van der Waals surface area contributed by atoms with Crippen molar-refractivity contribution in [2.45, 2.75) is 58.0 Å². The summed E-state index contributed by atoms with van der Waals surface area (Å²) < 4.78 is 9.88. The molecule has 4 N–H and O–H groups in total. The molecular weight excluding hydrogens is 374 g/mol. The Kier molecular flexibility index (Phi) is 8.46. The van der Waals surface area contributed by atoms with Gasteiger partial charge in [0.2, 0.25) is 0 Å². The minimum Gasteiger partial charge on any atom is -0.482 e. The van der Waals surface area contributed by atoms with Gasteiger partial charge in [0.15, 0.2) is 6.61 Å². The smallest absolute Gasteiger partial charge is 0.343 e. The predicted octanol–water partition coefficient (Wildman–Crippen LogP) is 2.00. The molecule has 2 unspecified atom stereocenters. The van der Waals surface area contributed by atoms with E-state index in [0.29, 0.717) is 23.7 Å². The van der Waals surface area contributed by atoms with Crippen molar-refractivity contribution in [3.63, 3.8) is 0 Å². The molecular formula is C22H35NO6. The van der Waals surface area contributed by atoms with Gasteiger partial charge in [-0.05, 0) is 48.3 Å². The number of aliphatic hydroxyl groups excluding tert-OH is 2. The van der Waals surface area contributed by atoms with E-state index < -0.39 is 23.9 Å². The second kappa shape index (κ2) is 10.4. The third-order valence-corrected chi connectivity index (χ3v) is 5.90. The highest BCUT2D eigenvalue weighted by atomic mass is 16.6. The molecule has 1 aliphatic rings. The molecule has 1 fully saturated rings. The van der Waals surface area contributed by atoms with Crippen LogP contribution in [0.3, 0.4) is 0 Å². The van der Waals surface area contributed by atoms with Crippen LogP contribution in [0.5, 0.6) is 5.75 Å². The topological polar surface area (TPSA) is 108 Å². The third-order valence-electron chi connectivity index (χ3n) is 5.90. The quantitative estimate of drug-likeness (QED) is 0.365. The van der Waals surface area contributed by atoms with Crippen molar-refractivity contribution >= 4 is 5.97 Å². The van der Waals surface area contributed by atoms with Gasteiger partial charge >= 0.3 is 5.97 Å². The summed E-state index contributed by atoms with van der Waals surface area (Å²) in [6.45, 7) is 6.07. The van der Waals surface area contributed by atoms with Gasteiger partial charge in [-0.2, -0.15) is 0 Å². The number of rotatable bonds is 9. The first-order chi connectivity index (χ1) is 13.7. The molecule has 1 aromatic rings. The number of benzene rings is 1. The molecule has 29 heavy (non-hydrogen) atoms. The number of esters is 1. The second-order valence-electron chi connectivity index (χ2n) is 8.49. The Morgan fingerprint density at radius 1 is 1.31 bits per heavy atom. The van der Waals surface area contributed by atoms with Crippen LogP contribution in [0, 0.1) is 17.8 Å². The molecule has 0 bridgehead atoms. The van der Waals surface area contributed by atoms with Gasteiger partial charge in [-0.1, -0.05) is 39.3 Å². The molecule has 0 aromatic heterocycles. The minimum atomic E-state index is -1.23. The van der Waals surface area contributed by atoms with E-state index in [1.54, 1.807) is 24.3 Å². The fourth-order valence-corrected chi connectivity index (χ4v) is 4.28. The van der Waals surface area contributed by atoms with Gasteiger partial charge in [-0.15, -0.1) is 0 Å². The number of carbonyl (C=O) groups is 1. The summed E-state index contributed by atoms with van der Waals surface area (Å²) in [7, 11) is 1.29. The first-order valence-corrected chi connectivity index (χ1v) is 10.3. The van der Waals surface area contributed by atoms with Gasteiger partial charge in [0, 0.05) is 6.54 Å². The molecule has 0 spiro atoms. The van der Waals surface area contributed by atoms with E-state index in [-0.39, 0.29) is 25.0 Å². The standard InChI is InChI=1S/C22H35NO6/c1-14(2)18-9-8-15(3)11-22(18,27)21(26)23-12-19(24)16-6-5-7-17(10-16)29-13-20(25)28-4/h5-7,10,14-15,18-19,21,23-24,26-27H,8-9,11-13H2,1-4H3/t15-,18+,19?,21?,22+/m1/s1. The van der Waals surface area contributed by atoms with Crippen molar-refractivity contribution in [2.75, 3.05) is 20.3 Å². The summed E-state index contributed by atoms with van der Waals surface area (Å²) in [5, 5.41) is 35.4. The van der Waals surface area contributed by atoms with Crippen molar-refractivity contribution in [1.82, 2.24) is 5.32 Å². The van der Waals surface area contributed by atoms with E-state index in [1.165, 1.54) is 7.11 Å². The SMILES string of the molecule is COC(=O)COc1cccc(C(O)CNC(O)[C@]2(O)C[C@H](C)CC[C@H]2C(C)C)c1. The third kappa shape index (κ3) is 6.15. The normalized spacial score (nSPS) is 26.8. The summed E-state index contributed by atoms with van der Waals surface area (Å²) in [6.07, 6.45) is 0.394. The van der Waals surface area contributed by atoms with Gasteiger partial charge in [-0.3, -0.25) is 5.32 Å². The van der Waals surface area contributed by atoms with E-state index in [1.807, 2.05) is 0 Å². The minimum absolute atomic E-state index is 0.00612. The lowest BCUT2D eigenvalue weighted by Gasteiger charge is -2.47. The summed E-state index contributed by atoms with van der Waals surface area (Å²) in [5.74, 6) is 0.522. The van der Waals surface area contributed by atoms with Crippen LogP contribution in [0.15, 0.2) is 24.3 Å². The monoisotopic (exact) mass is 409 g/mol. The molecule has 0 amide bonds. The highest BCUT2D eigenvalue weighted by Gasteiger charge is 2.47. The van der Waals surface area contributed by atoms with E-state index in [4.69, 9.17) is 4.74 Å². The Morgan fingerprint density at radius 2 is 2.03 bits per heavy atom. The van der Waals surface area contributed by atoms with E-state index >= 15 is 0 Å². The van der Waals surface area contributed by atoms with Gasteiger partial charge in [0.1, 0.15) is 17.6 Å². The average molecular weight is 410 g/mol. The fourth-order valence-electron chi connectivity index (χ4n) is 4.28. The van der Waals surface area contributed by atoms with Gasteiger partial charge < -0.3 is 24.8 Å². The number of nitrogens with one attached hydrogen (secondary N) is 1. The van der Waals surface area contributed by atoms with Crippen LogP contribution < -0.4 is 10.1 Å². The molecule has 7 heteroatoms. The van der Waals surface area contributed by atoms with Gasteiger partial charge in [0.05, 0.1) is 13.2 Å². The number of aliphatic hydroxyl groups is 3. The largest absolute Gasteiger partial charge is 0.482 e. The molecule has 2 rings (SSSR count). The Balaban J connectivity index is 1.98. The number of hydrogen-bond acceptors (Lipinski definition) is 7. The number of ether oxygens (including phenoxy) is 2. The van der Waals surface area contributed by atoms with Crippen molar-refractivity contribution in [2.24, 2.45) is 17.8 Å². The second-order valence-corrected chi connectivity index (χ2v) is 8.49. The maximum atomic E-state index is 11.3. The summed E-state index contributed by atoms with van der Waals surface area (Å²) in [4.78, 5) is 11.2. The Hall–Kier alpha value is -1.67. The van der Waals surface area contributed by atoms with Gasteiger partial charge in [0.25, 0.3) is 0 Å². The summed E-state index contributed by atoms with van der Waals surface area (Å²) >= 11 is 0. The molecule has 0 saturated heterocycles. The van der Waals surface area contributed by atoms with Crippen molar-refractivity contribution in [3.8, 4) is 5.75 Å². The number of carbonyl (C=O) groups excluding carboxylic acids is 1. The van der Waals surface area contributed by atoms with Crippen LogP contribution in [0.4, 0.5) is 0 Å². The Bertz CT molecular complexity index is 666. The van der Waals surface area contributed by atoms with Crippen LogP contribution in [0.25, 0.3) is 0 Å². The molecule has 1 saturated carbocycles. The molecule has 164 valence electrons. The first kappa shape index (κ1) is 23.6. The maximum Gasteiger partial charge on any atom is 0.343 e. The Morgan fingerprint density at radius 3 is 2.69 bits per heavy atom. The molecule has 5 atom stereocenters. The van der Waals surface area contributed by atoms with Crippen LogP contribution in [-0.4, -0.2) is 53.4 Å². The molecule has 7 nitrogen and oxygen atoms in total. The highest BCUT2D eigenvalue weighted by Crippen LogP contribution is 2.42. The predicted molar refractivity (Wildman–Crippen MR) is 109 cm³/mol. The molecule has 1 aliphatic carbocycles. The van der Waals surface area contributed by atoms with Crippen LogP contribution in [-0.2, 0) is 9.53 Å². The lowest BCUT2D eigenvalue weighted by atomic mass is 9.66. The Labute approximate surface area is 173 Å². The van der Waals surface area contributed by atoms with Crippen molar-refractivity contribution in [3.05, 3.63) is 29.8 Å². The molecule has 1 aromatic carbocycles. The average Bonchev–Trinajstić information content (AvgIpc) is 2.69. The molecule has 0 radical (unpaired) electrons. The zero-order valence-corrected chi connectivity index (χ0v) is 17.8. The first-order valence-electron chi connectivity index (χ1n) is 10.3. The zero-order valence-electron chi connectivity index (χ0n) is 17.8. The lowest BCUT2D eigenvalue weighted by Crippen LogP contribution is -2.59. The lowest BCUT2D eigenvalue weighted by molar-refractivity contribution is -0.165. The maximum absolute atomic E-state index is 11.3. The number of hydrogen-bond donors (Lipinski definition) is 4. The van der Waals surface area contributed by atoms with E-state index in [0.717, 1.165) is 12.8 Å². The zero-order chi connectivity index (χ0) is 21.6. The van der Waals surface area contributed by atoms with Crippen LogP contribution in [0.1, 0.15) is 51.7 Å². The van der Waals surface area contributed by atoms with Gasteiger partial charge in [-0.25, -0.2) is 4.79 Å². The number of methoxy groups -OCH3 is 1. The fraction of sp³-hybridized carbons (Fsp3) is 0.682. The highest BCUT2D eigenvalue weighted by molar-refractivity contribution is 5.70. The van der Waals surface area contributed by atoms with Crippen molar-refractivity contribution < 1.29 is 29.6 Å². The summed E-state index contributed by atoms with van der Waals surface area (Å²) in [6, 6.07) is 6.77. The molecule has 0 heterocycles. The summed E-state index contributed by atoms with van der Waals surface area (Å²) in [5.41, 5.74) is -0.645. The van der Waals surface area contributed by atoms with Crippen LogP contribution >= 0.6 is 0 Å². The van der Waals surface area contributed by atoms with E-state index in [2.05, 4.69) is 30.8 Å².